The number of cyclic esters (lactones) is 1. The highest BCUT2D eigenvalue weighted by Crippen LogP contribution is 2.26. The Balaban J connectivity index is 1.79. The van der Waals surface area contributed by atoms with Crippen LogP contribution in [-0.4, -0.2) is 19.0 Å². The molecule has 25 heavy (non-hydrogen) atoms. The molecule has 0 aliphatic carbocycles. The second-order valence-electron chi connectivity index (χ2n) is 5.60. The van der Waals surface area contributed by atoms with Gasteiger partial charge in [-0.05, 0) is 34.5 Å². The maximum absolute atomic E-state index is 12.3. The van der Waals surface area contributed by atoms with Crippen molar-refractivity contribution in [2.75, 3.05) is 7.11 Å². The normalized spacial score (nSPS) is 15.3. The largest absolute Gasteiger partial charge is 0.496 e. The number of ether oxygens (including phenoxy) is 2. The van der Waals surface area contributed by atoms with E-state index in [1.165, 1.54) is 0 Å². The topological polar surface area (TPSA) is 47.9 Å². The Labute approximate surface area is 145 Å². The van der Waals surface area contributed by atoms with Crippen LogP contribution >= 0.6 is 0 Å². The first kappa shape index (κ1) is 15.1. The van der Waals surface area contributed by atoms with Crippen LogP contribution in [-0.2, 0) is 9.53 Å². The molecule has 122 valence electrons. The fraction of sp³-hybridized carbons (Fsp3) is 0.0476. The van der Waals surface area contributed by atoms with Crippen molar-refractivity contribution in [2.45, 2.75) is 0 Å². The summed E-state index contributed by atoms with van der Waals surface area (Å²) in [6, 6.07) is 21.3. The van der Waals surface area contributed by atoms with E-state index in [0.717, 1.165) is 16.3 Å². The number of nitrogens with zero attached hydrogens (tertiary/aromatic N) is 1. The monoisotopic (exact) mass is 329 g/mol. The molecule has 0 amide bonds. The van der Waals surface area contributed by atoms with Gasteiger partial charge in [0.25, 0.3) is 0 Å². The van der Waals surface area contributed by atoms with Gasteiger partial charge in [-0.25, -0.2) is 9.79 Å². The van der Waals surface area contributed by atoms with Gasteiger partial charge in [0.2, 0.25) is 5.90 Å². The van der Waals surface area contributed by atoms with Gasteiger partial charge in [0.1, 0.15) is 5.75 Å². The first-order valence-electron chi connectivity index (χ1n) is 7.90. The Hall–Kier alpha value is -3.40. The molecule has 1 aliphatic heterocycles. The van der Waals surface area contributed by atoms with Gasteiger partial charge in [-0.2, -0.15) is 0 Å². The molecule has 4 heteroatoms. The molecule has 0 N–H and O–H groups in total. The van der Waals surface area contributed by atoms with Crippen LogP contribution in [0, 0.1) is 0 Å². The number of esters is 1. The first-order chi connectivity index (χ1) is 12.3. The minimum absolute atomic E-state index is 0.258. The van der Waals surface area contributed by atoms with Crippen LogP contribution < -0.4 is 4.74 Å². The second kappa shape index (κ2) is 6.24. The molecule has 0 saturated heterocycles. The summed E-state index contributed by atoms with van der Waals surface area (Å²) < 4.78 is 10.7. The maximum Gasteiger partial charge on any atom is 0.363 e. The molecule has 0 atom stereocenters. The van der Waals surface area contributed by atoms with Crippen molar-refractivity contribution in [3.8, 4) is 5.75 Å². The third-order valence-corrected chi connectivity index (χ3v) is 4.07. The molecule has 3 aromatic rings. The quantitative estimate of drug-likeness (QED) is 0.535. The molecule has 0 unspecified atom stereocenters. The van der Waals surface area contributed by atoms with E-state index in [4.69, 9.17) is 9.47 Å². The van der Waals surface area contributed by atoms with Crippen LogP contribution in [0.25, 0.3) is 16.8 Å². The molecular formula is C21H15NO3. The van der Waals surface area contributed by atoms with Gasteiger partial charge in [0, 0.05) is 0 Å². The highest BCUT2D eigenvalue weighted by molar-refractivity contribution is 6.14. The Kier molecular flexibility index (Phi) is 3.78. The molecular weight excluding hydrogens is 314 g/mol. The second-order valence-corrected chi connectivity index (χ2v) is 5.60. The Bertz CT molecular complexity index is 1030. The van der Waals surface area contributed by atoms with Crippen molar-refractivity contribution in [3.05, 3.63) is 83.6 Å². The molecule has 0 radical (unpaired) electrons. The molecule has 0 spiro atoms. The summed E-state index contributed by atoms with van der Waals surface area (Å²) in [6.07, 6.45) is 1.76. The molecule has 1 heterocycles. The van der Waals surface area contributed by atoms with Crippen molar-refractivity contribution in [1.29, 1.82) is 0 Å². The van der Waals surface area contributed by atoms with E-state index < -0.39 is 5.97 Å². The molecule has 0 fully saturated rings. The highest BCUT2D eigenvalue weighted by atomic mass is 16.6. The predicted octanol–water partition coefficient (Wildman–Crippen LogP) is 4.19. The van der Waals surface area contributed by atoms with Crippen molar-refractivity contribution >= 4 is 28.7 Å². The average molecular weight is 329 g/mol. The lowest BCUT2D eigenvalue weighted by molar-refractivity contribution is -0.129. The van der Waals surface area contributed by atoms with Crippen LogP contribution in [0.15, 0.2) is 77.4 Å². The summed E-state index contributed by atoms with van der Waals surface area (Å²) in [7, 11) is 1.57. The predicted molar refractivity (Wildman–Crippen MR) is 97.5 cm³/mol. The van der Waals surface area contributed by atoms with Gasteiger partial charge >= 0.3 is 5.97 Å². The molecule has 0 saturated carbocycles. The molecule has 1 aliphatic rings. The number of hydrogen-bond donors (Lipinski definition) is 0. The molecule has 4 rings (SSSR count). The summed E-state index contributed by atoms with van der Waals surface area (Å²) in [5, 5.41) is 2.17. The Morgan fingerprint density at radius 2 is 1.72 bits per heavy atom. The molecule has 0 bridgehead atoms. The summed E-state index contributed by atoms with van der Waals surface area (Å²) >= 11 is 0. The minimum atomic E-state index is -0.464. The third-order valence-electron chi connectivity index (χ3n) is 4.07. The van der Waals surface area contributed by atoms with Gasteiger partial charge in [-0.3, -0.25) is 0 Å². The third kappa shape index (κ3) is 2.78. The standard InChI is InChI=1S/C21H15NO3/c1-24-19-12-5-4-11-17(19)20-22-18(21(23)25-20)13-15-9-6-8-14-7-2-3-10-16(14)15/h2-13H,1H3/b18-13-. The lowest BCUT2D eigenvalue weighted by Crippen LogP contribution is -2.06. The number of fused-ring (bicyclic) bond motifs is 1. The smallest absolute Gasteiger partial charge is 0.363 e. The first-order valence-corrected chi connectivity index (χ1v) is 7.90. The fourth-order valence-corrected chi connectivity index (χ4v) is 2.87. The zero-order valence-corrected chi connectivity index (χ0v) is 13.6. The van der Waals surface area contributed by atoms with Gasteiger partial charge in [0.05, 0.1) is 12.7 Å². The van der Waals surface area contributed by atoms with Crippen LogP contribution in [0.2, 0.25) is 0 Å². The lowest BCUT2D eigenvalue weighted by atomic mass is 10.0. The van der Waals surface area contributed by atoms with E-state index in [1.54, 1.807) is 19.3 Å². The van der Waals surface area contributed by atoms with Crippen LogP contribution in [0.1, 0.15) is 11.1 Å². The van der Waals surface area contributed by atoms with Crippen LogP contribution in [0.4, 0.5) is 0 Å². The van der Waals surface area contributed by atoms with Crippen molar-refractivity contribution < 1.29 is 14.3 Å². The number of rotatable bonds is 3. The lowest BCUT2D eigenvalue weighted by Gasteiger charge is -2.05. The Morgan fingerprint density at radius 3 is 2.60 bits per heavy atom. The average Bonchev–Trinajstić information content (AvgIpc) is 3.02. The SMILES string of the molecule is COc1ccccc1C1=N/C(=C\c2cccc3ccccc23)C(=O)O1. The van der Waals surface area contributed by atoms with Crippen LogP contribution in [0.3, 0.4) is 0 Å². The van der Waals surface area contributed by atoms with Gasteiger partial charge in [-0.1, -0.05) is 54.6 Å². The Morgan fingerprint density at radius 1 is 0.960 bits per heavy atom. The number of hydrogen-bond acceptors (Lipinski definition) is 4. The van der Waals surface area contributed by atoms with Crippen LogP contribution in [0.5, 0.6) is 5.75 Å². The zero-order chi connectivity index (χ0) is 17.2. The number of aliphatic imine (C=N–C) groups is 1. The van der Waals surface area contributed by atoms with Crippen molar-refractivity contribution in [2.24, 2.45) is 4.99 Å². The maximum atomic E-state index is 12.3. The molecule has 0 aromatic heterocycles. The zero-order valence-electron chi connectivity index (χ0n) is 13.6. The summed E-state index contributed by atoms with van der Waals surface area (Å²) in [4.78, 5) is 16.6. The molecule has 3 aromatic carbocycles. The van der Waals surface area contributed by atoms with E-state index in [9.17, 15) is 4.79 Å². The number of carbonyl (C=O) groups is 1. The highest BCUT2D eigenvalue weighted by Gasteiger charge is 2.26. The summed E-state index contributed by atoms with van der Waals surface area (Å²) in [5.41, 5.74) is 1.85. The van der Waals surface area contributed by atoms with E-state index >= 15 is 0 Å². The van der Waals surface area contributed by atoms with E-state index in [-0.39, 0.29) is 11.6 Å². The van der Waals surface area contributed by atoms with Crippen molar-refractivity contribution in [3.63, 3.8) is 0 Å². The summed E-state index contributed by atoms with van der Waals surface area (Å²) in [5.74, 6) is 0.406. The fourth-order valence-electron chi connectivity index (χ4n) is 2.87. The van der Waals surface area contributed by atoms with Crippen molar-refractivity contribution in [1.82, 2.24) is 0 Å². The number of benzene rings is 3. The van der Waals surface area contributed by atoms with E-state index in [1.807, 2.05) is 60.7 Å². The number of methoxy groups -OCH3 is 1. The minimum Gasteiger partial charge on any atom is -0.496 e. The number of para-hydroxylation sites is 1. The van der Waals surface area contributed by atoms with Gasteiger partial charge < -0.3 is 9.47 Å². The van der Waals surface area contributed by atoms with Gasteiger partial charge in [-0.15, -0.1) is 0 Å². The number of carbonyl (C=O) groups excluding carboxylic acids is 1. The van der Waals surface area contributed by atoms with Gasteiger partial charge in [0.15, 0.2) is 5.70 Å². The van der Waals surface area contributed by atoms with E-state index in [0.29, 0.717) is 11.3 Å². The summed E-state index contributed by atoms with van der Waals surface area (Å²) in [6.45, 7) is 0. The van der Waals surface area contributed by atoms with E-state index in [2.05, 4.69) is 4.99 Å². The molecule has 4 nitrogen and oxygen atoms in total.